The molecule has 2 unspecified atom stereocenters. The van der Waals surface area contributed by atoms with Crippen molar-refractivity contribution in [2.24, 2.45) is 5.73 Å². The van der Waals surface area contributed by atoms with Crippen molar-refractivity contribution in [2.45, 2.75) is 25.1 Å². The van der Waals surface area contributed by atoms with Gasteiger partial charge in [0.05, 0.1) is 12.1 Å². The van der Waals surface area contributed by atoms with E-state index >= 15 is 0 Å². The molecule has 4 nitrogen and oxygen atoms in total. The molecule has 1 aliphatic rings. The first-order valence-electron chi connectivity index (χ1n) is 3.72. The summed E-state index contributed by atoms with van der Waals surface area (Å²) in [6.45, 7) is 0.628. The van der Waals surface area contributed by atoms with Crippen molar-refractivity contribution in [3.63, 3.8) is 0 Å². The summed E-state index contributed by atoms with van der Waals surface area (Å²) in [6, 6.07) is -0.103. The van der Waals surface area contributed by atoms with Crippen LogP contribution in [0.15, 0.2) is 12.4 Å². The third kappa shape index (κ3) is 1.04. The Morgan fingerprint density at radius 3 is 3.36 bits per heavy atom. The lowest BCUT2D eigenvalue weighted by Crippen LogP contribution is -2.31. The maximum atomic E-state index is 9.32. The number of aliphatic hydroxyl groups is 1. The third-order valence-corrected chi connectivity index (χ3v) is 2.01. The number of nitrogens with zero attached hydrogens (tertiary/aromatic N) is 2. The molecule has 0 bridgehead atoms. The van der Waals surface area contributed by atoms with Crippen molar-refractivity contribution in [1.82, 2.24) is 9.55 Å². The Morgan fingerprint density at radius 2 is 2.55 bits per heavy atom. The van der Waals surface area contributed by atoms with Crippen molar-refractivity contribution in [3.8, 4) is 0 Å². The molecule has 2 heterocycles. The van der Waals surface area contributed by atoms with Gasteiger partial charge in [0.15, 0.2) is 0 Å². The highest BCUT2D eigenvalue weighted by molar-refractivity contribution is 5.02. The Bertz CT molecular complexity index is 258. The highest BCUT2D eigenvalue weighted by Crippen LogP contribution is 2.20. The van der Waals surface area contributed by atoms with Crippen LogP contribution in [0, 0.1) is 0 Å². The van der Waals surface area contributed by atoms with Crippen LogP contribution >= 0.6 is 0 Å². The van der Waals surface area contributed by atoms with Crippen LogP contribution in [-0.4, -0.2) is 20.8 Å². The number of nitrogens with two attached hydrogens (primary N) is 1. The highest BCUT2D eigenvalue weighted by atomic mass is 16.3. The third-order valence-electron chi connectivity index (χ3n) is 2.01. The summed E-state index contributed by atoms with van der Waals surface area (Å²) in [6.07, 6.45) is 3.87. The monoisotopic (exact) mass is 153 g/mol. The Morgan fingerprint density at radius 1 is 1.73 bits per heavy atom. The second-order valence-corrected chi connectivity index (χ2v) is 2.93. The minimum Gasteiger partial charge on any atom is -0.391 e. The van der Waals surface area contributed by atoms with E-state index in [1.807, 2.05) is 10.8 Å². The predicted molar refractivity (Wildman–Crippen MR) is 39.8 cm³/mol. The first-order valence-corrected chi connectivity index (χ1v) is 3.72. The maximum absolute atomic E-state index is 9.32. The number of hydrogen-bond acceptors (Lipinski definition) is 3. The zero-order valence-electron chi connectivity index (χ0n) is 6.14. The average Bonchev–Trinajstić information content (AvgIpc) is 2.34. The van der Waals surface area contributed by atoms with E-state index in [1.54, 1.807) is 6.20 Å². The van der Waals surface area contributed by atoms with E-state index in [9.17, 15) is 5.11 Å². The molecule has 2 rings (SSSR count). The van der Waals surface area contributed by atoms with Crippen molar-refractivity contribution >= 4 is 0 Å². The number of rotatable bonds is 0. The van der Waals surface area contributed by atoms with E-state index in [-0.39, 0.29) is 12.1 Å². The zero-order chi connectivity index (χ0) is 7.84. The van der Waals surface area contributed by atoms with Gasteiger partial charge in [0.25, 0.3) is 0 Å². The van der Waals surface area contributed by atoms with E-state index in [0.29, 0.717) is 13.0 Å². The molecule has 0 aliphatic carbocycles. The van der Waals surface area contributed by atoms with Crippen LogP contribution in [0.5, 0.6) is 0 Å². The molecule has 1 aliphatic heterocycles. The van der Waals surface area contributed by atoms with Gasteiger partial charge in [-0.1, -0.05) is 0 Å². The van der Waals surface area contributed by atoms with Crippen LogP contribution in [0.4, 0.5) is 0 Å². The van der Waals surface area contributed by atoms with E-state index in [0.717, 1.165) is 5.82 Å². The fourth-order valence-electron chi connectivity index (χ4n) is 1.50. The first-order chi connectivity index (χ1) is 5.27. The summed E-state index contributed by atoms with van der Waals surface area (Å²) in [5.74, 6) is 0.885. The van der Waals surface area contributed by atoms with E-state index in [4.69, 9.17) is 5.73 Å². The zero-order valence-corrected chi connectivity index (χ0v) is 6.14. The van der Waals surface area contributed by atoms with Crippen molar-refractivity contribution < 1.29 is 5.11 Å². The molecule has 0 saturated carbocycles. The maximum Gasteiger partial charge on any atom is 0.125 e. The molecule has 1 aromatic rings. The largest absolute Gasteiger partial charge is 0.391 e. The van der Waals surface area contributed by atoms with Crippen molar-refractivity contribution in [3.05, 3.63) is 18.2 Å². The molecule has 2 atom stereocenters. The van der Waals surface area contributed by atoms with Gasteiger partial charge < -0.3 is 15.4 Å². The highest BCUT2D eigenvalue weighted by Gasteiger charge is 2.23. The van der Waals surface area contributed by atoms with Crippen LogP contribution in [0.25, 0.3) is 0 Å². The second-order valence-electron chi connectivity index (χ2n) is 2.93. The number of fused-ring (bicyclic) bond motifs is 1. The fraction of sp³-hybridized carbons (Fsp3) is 0.571. The Balaban J connectivity index is 2.36. The smallest absolute Gasteiger partial charge is 0.125 e. The van der Waals surface area contributed by atoms with E-state index in [2.05, 4.69) is 4.98 Å². The Hall–Kier alpha value is -0.870. The normalized spacial score (nSPS) is 30.0. The fourth-order valence-corrected chi connectivity index (χ4v) is 1.50. The molecule has 0 radical (unpaired) electrons. The number of aliphatic hydroxyl groups excluding tert-OH is 1. The molecule has 0 aromatic carbocycles. The van der Waals surface area contributed by atoms with Gasteiger partial charge in [-0.05, 0) is 6.42 Å². The molecule has 0 saturated heterocycles. The molecule has 0 spiro atoms. The van der Waals surface area contributed by atoms with Crippen molar-refractivity contribution in [2.75, 3.05) is 0 Å². The summed E-state index contributed by atoms with van der Waals surface area (Å²) in [7, 11) is 0. The quantitative estimate of drug-likeness (QED) is 0.535. The van der Waals surface area contributed by atoms with Crippen molar-refractivity contribution in [1.29, 1.82) is 0 Å². The lowest BCUT2D eigenvalue weighted by molar-refractivity contribution is 0.118. The van der Waals surface area contributed by atoms with Crippen LogP contribution in [0.3, 0.4) is 0 Å². The van der Waals surface area contributed by atoms with Gasteiger partial charge in [-0.15, -0.1) is 0 Å². The van der Waals surface area contributed by atoms with Gasteiger partial charge in [0.2, 0.25) is 0 Å². The van der Waals surface area contributed by atoms with Gasteiger partial charge in [-0.25, -0.2) is 4.98 Å². The molecule has 11 heavy (non-hydrogen) atoms. The molecule has 3 N–H and O–H groups in total. The molecule has 1 aromatic heterocycles. The lowest BCUT2D eigenvalue weighted by Gasteiger charge is -2.24. The standard InChI is InChI=1S/C7H11N3O/c8-6-3-5(11)4-10-2-1-9-7(6)10/h1-2,5-6,11H,3-4,8H2. The summed E-state index contributed by atoms with van der Waals surface area (Å²) in [5.41, 5.74) is 5.74. The first kappa shape index (κ1) is 6.82. The van der Waals surface area contributed by atoms with E-state index < -0.39 is 0 Å². The summed E-state index contributed by atoms with van der Waals surface area (Å²) in [4.78, 5) is 4.10. The average molecular weight is 153 g/mol. The van der Waals surface area contributed by atoms with Gasteiger partial charge in [0, 0.05) is 18.9 Å². The number of aromatic nitrogens is 2. The van der Waals surface area contributed by atoms with Gasteiger partial charge in [-0.3, -0.25) is 0 Å². The Kier molecular flexibility index (Phi) is 1.44. The summed E-state index contributed by atoms with van der Waals surface area (Å²) in [5, 5.41) is 9.32. The minimum absolute atomic E-state index is 0.103. The molecule has 4 heteroatoms. The number of imidazole rings is 1. The molecular weight excluding hydrogens is 142 g/mol. The van der Waals surface area contributed by atoms with E-state index in [1.165, 1.54) is 0 Å². The van der Waals surface area contributed by atoms with Crippen LogP contribution in [0.1, 0.15) is 18.3 Å². The van der Waals surface area contributed by atoms with Crippen LogP contribution in [0.2, 0.25) is 0 Å². The second kappa shape index (κ2) is 2.32. The topological polar surface area (TPSA) is 64.1 Å². The Labute approximate surface area is 64.7 Å². The predicted octanol–water partition coefficient (Wildman–Crippen LogP) is -0.353. The molecule has 0 amide bonds. The molecule has 0 fully saturated rings. The lowest BCUT2D eigenvalue weighted by atomic mass is 10.1. The number of hydrogen-bond donors (Lipinski definition) is 2. The van der Waals surface area contributed by atoms with Gasteiger partial charge in [-0.2, -0.15) is 0 Å². The minimum atomic E-state index is -0.313. The van der Waals surface area contributed by atoms with Gasteiger partial charge >= 0.3 is 0 Å². The summed E-state index contributed by atoms with van der Waals surface area (Å²) >= 11 is 0. The summed E-state index contributed by atoms with van der Waals surface area (Å²) < 4.78 is 1.90. The SMILES string of the molecule is NC1CC(O)Cn2ccnc21. The van der Waals surface area contributed by atoms with Gasteiger partial charge in [0.1, 0.15) is 5.82 Å². The van der Waals surface area contributed by atoms with Crippen LogP contribution in [-0.2, 0) is 6.54 Å². The molecular formula is C7H11N3O. The molecule has 60 valence electrons. The van der Waals surface area contributed by atoms with Crippen LogP contribution < -0.4 is 5.73 Å².